The third kappa shape index (κ3) is 3.53. The molecular weight excluding hydrogens is 408 g/mol. The maximum atomic E-state index is 12.8. The Morgan fingerprint density at radius 3 is 2.88 bits per heavy atom. The highest BCUT2D eigenvalue weighted by Gasteiger charge is 2.30. The summed E-state index contributed by atoms with van der Waals surface area (Å²) in [5.74, 6) is -1.07. The van der Waals surface area contributed by atoms with E-state index >= 15 is 0 Å². The number of para-hydroxylation sites is 1. The molecule has 1 saturated carbocycles. The van der Waals surface area contributed by atoms with Gasteiger partial charge in [0.15, 0.2) is 0 Å². The highest BCUT2D eigenvalue weighted by molar-refractivity contribution is 6.02. The molecule has 3 N–H and O–H groups in total. The molecule has 1 aliphatic carbocycles. The van der Waals surface area contributed by atoms with E-state index in [4.69, 9.17) is 8.22 Å². The third-order valence-electron chi connectivity index (χ3n) is 5.38. The molecule has 32 heavy (non-hydrogen) atoms. The summed E-state index contributed by atoms with van der Waals surface area (Å²) in [6.45, 7) is -5.32. The number of rotatable bonds is 5. The Hall–Kier alpha value is -3.95. The minimum Gasteiger partial charge on any atom is -0.366 e. The quantitative estimate of drug-likeness (QED) is 0.559. The van der Waals surface area contributed by atoms with Gasteiger partial charge in [-0.3, -0.25) is 9.59 Å². The Morgan fingerprint density at radius 1 is 1.22 bits per heavy atom. The summed E-state index contributed by atoms with van der Waals surface area (Å²) >= 11 is 0. The van der Waals surface area contributed by atoms with Crippen molar-refractivity contribution in [2.75, 3.05) is 29.5 Å². The number of benzene rings is 1. The van der Waals surface area contributed by atoms with Gasteiger partial charge in [0, 0.05) is 53.0 Å². The minimum atomic E-state index is -2.75. The topological polar surface area (TPSA) is 117 Å². The zero-order valence-corrected chi connectivity index (χ0v) is 17.1. The smallest absolute Gasteiger partial charge is 0.254 e. The number of fused-ring (bicyclic) bond motifs is 3. The highest BCUT2D eigenvalue weighted by Crippen LogP contribution is 2.42. The van der Waals surface area contributed by atoms with Gasteiger partial charge in [-0.1, -0.05) is 12.1 Å². The number of aryl methyl sites for hydroxylation is 1. The van der Waals surface area contributed by atoms with Gasteiger partial charge in [0.2, 0.25) is 5.91 Å². The second kappa shape index (κ2) is 7.63. The number of nitrogens with one attached hydrogen (secondary N) is 3. The van der Waals surface area contributed by atoms with Gasteiger partial charge in [0.1, 0.15) is 17.2 Å². The van der Waals surface area contributed by atoms with E-state index < -0.39 is 19.9 Å². The van der Waals surface area contributed by atoms with E-state index in [-0.39, 0.29) is 35.4 Å². The molecule has 0 spiro atoms. The van der Waals surface area contributed by atoms with Crippen molar-refractivity contribution in [2.45, 2.75) is 19.4 Å². The van der Waals surface area contributed by atoms with Gasteiger partial charge in [-0.2, -0.15) is 15.0 Å². The predicted octanol–water partition coefficient (Wildman–Crippen LogP) is 2.28. The number of anilines is 4. The van der Waals surface area contributed by atoms with Crippen molar-refractivity contribution in [1.82, 2.24) is 25.3 Å². The fraction of sp³-hybridized carbons (Fsp3) is 0.318. The predicted molar refractivity (Wildman–Crippen MR) is 121 cm³/mol. The van der Waals surface area contributed by atoms with Gasteiger partial charge < -0.3 is 20.9 Å². The van der Waals surface area contributed by atoms with Gasteiger partial charge in [-0.15, -0.1) is 0 Å². The van der Waals surface area contributed by atoms with Gasteiger partial charge in [-0.05, 0) is 18.9 Å². The number of amides is 2. The molecule has 10 nitrogen and oxygen atoms in total. The van der Waals surface area contributed by atoms with Crippen LogP contribution in [0.4, 0.5) is 22.9 Å². The summed E-state index contributed by atoms with van der Waals surface area (Å²) in [5.41, 5.74) is 2.19. The lowest BCUT2D eigenvalue weighted by Gasteiger charge is -2.29. The van der Waals surface area contributed by atoms with Crippen LogP contribution in [0.5, 0.6) is 0 Å². The Kier molecular flexibility index (Phi) is 3.38. The molecule has 0 atom stereocenters. The summed E-state index contributed by atoms with van der Waals surface area (Å²) in [5, 5.41) is 16.4. The molecule has 0 radical (unpaired) electrons. The first-order valence-electron chi connectivity index (χ1n) is 13.0. The van der Waals surface area contributed by atoms with Crippen LogP contribution < -0.4 is 20.9 Å². The van der Waals surface area contributed by atoms with Gasteiger partial charge >= 0.3 is 0 Å². The first kappa shape index (κ1) is 14.2. The number of pyridine rings is 1. The van der Waals surface area contributed by atoms with E-state index in [0.717, 1.165) is 19.0 Å². The standard InChI is InChI=1S/C22H24N8O2/c1-23-22(32)14-10-24-18(26-21(31)12-7-8-12)9-16(14)25-15-6-4-5-13-19-17(27-30(3)28-19)11-29(2)20(13)15/h4-6,9-10,12H,7-8,11H2,1-3H3,(H,23,32)(H2,24,25,26,31)/i1D3,2D3. The van der Waals surface area contributed by atoms with Crippen LogP contribution in [0, 0.1) is 5.92 Å². The summed E-state index contributed by atoms with van der Waals surface area (Å²) in [7, 11) is 1.64. The molecule has 3 heterocycles. The monoisotopic (exact) mass is 438 g/mol. The second-order valence-electron chi connectivity index (χ2n) is 7.73. The fourth-order valence-electron chi connectivity index (χ4n) is 3.71. The average Bonchev–Trinajstić information content (AvgIpc) is 3.58. The van der Waals surface area contributed by atoms with Crippen LogP contribution in [0.15, 0.2) is 30.5 Å². The summed E-state index contributed by atoms with van der Waals surface area (Å²) < 4.78 is 46.6. The lowest BCUT2D eigenvalue weighted by molar-refractivity contribution is -0.117. The van der Waals surface area contributed by atoms with Crippen molar-refractivity contribution in [2.24, 2.45) is 13.0 Å². The maximum Gasteiger partial charge on any atom is 0.254 e. The van der Waals surface area contributed by atoms with Gasteiger partial charge in [-0.25, -0.2) is 4.98 Å². The molecular formula is C22H24N8O2. The molecule has 5 rings (SSSR count). The van der Waals surface area contributed by atoms with Crippen molar-refractivity contribution < 1.29 is 17.8 Å². The molecule has 2 aliphatic rings. The van der Waals surface area contributed by atoms with Crippen LogP contribution in [0.2, 0.25) is 0 Å². The molecule has 0 saturated heterocycles. The van der Waals surface area contributed by atoms with Crippen LogP contribution in [0.3, 0.4) is 0 Å². The molecule has 1 aliphatic heterocycles. The van der Waals surface area contributed by atoms with Gasteiger partial charge in [0.25, 0.3) is 5.91 Å². The molecule has 10 heteroatoms. The molecule has 1 fully saturated rings. The number of aromatic nitrogens is 4. The van der Waals surface area contributed by atoms with E-state index in [0.29, 0.717) is 28.3 Å². The number of hydrogen-bond acceptors (Lipinski definition) is 7. The Morgan fingerprint density at radius 2 is 2.09 bits per heavy atom. The summed E-state index contributed by atoms with van der Waals surface area (Å²) in [6, 6.07) is 6.46. The van der Waals surface area contributed by atoms with Crippen LogP contribution in [0.1, 0.15) is 37.1 Å². The molecule has 0 unspecified atom stereocenters. The first-order valence-corrected chi connectivity index (χ1v) is 10.0. The van der Waals surface area contributed by atoms with E-state index in [1.165, 1.54) is 15.8 Å². The number of nitrogens with zero attached hydrogens (tertiary/aromatic N) is 5. The minimum absolute atomic E-state index is 0.0310. The highest BCUT2D eigenvalue weighted by atomic mass is 16.2. The SMILES string of the molecule is [2H]C([2H])([2H])NC(=O)c1cnc(NC(=O)C2CC2)cc1Nc1cccc2c1N(C([2H])([2H])[2H])Cc1nn(C)nc1-2. The van der Waals surface area contributed by atoms with Crippen LogP contribution in [0.25, 0.3) is 11.3 Å². The molecule has 0 bridgehead atoms. The second-order valence-corrected chi connectivity index (χ2v) is 7.73. The number of hydrogen-bond donors (Lipinski definition) is 3. The van der Waals surface area contributed by atoms with E-state index in [1.807, 2.05) is 5.32 Å². The molecule has 1 aromatic carbocycles. The van der Waals surface area contributed by atoms with Crippen LogP contribution >= 0.6 is 0 Å². The summed E-state index contributed by atoms with van der Waals surface area (Å²) in [6.07, 6.45) is 2.71. The summed E-state index contributed by atoms with van der Waals surface area (Å²) in [4.78, 5) is 31.8. The number of carbonyl (C=O) groups excluding carboxylic acids is 2. The Balaban J connectivity index is 1.60. The normalized spacial score (nSPS) is 18.0. The molecule has 164 valence electrons. The molecule has 2 aromatic heterocycles. The first-order chi connectivity index (χ1) is 17.8. The van der Waals surface area contributed by atoms with Crippen molar-refractivity contribution in [3.8, 4) is 11.3 Å². The van der Waals surface area contributed by atoms with Crippen molar-refractivity contribution in [3.05, 3.63) is 41.7 Å². The lowest BCUT2D eigenvalue weighted by atomic mass is 10.0. The third-order valence-corrected chi connectivity index (χ3v) is 5.38. The zero-order valence-electron chi connectivity index (χ0n) is 23.1. The van der Waals surface area contributed by atoms with Crippen LogP contribution in [-0.4, -0.2) is 45.7 Å². The average molecular weight is 439 g/mol. The van der Waals surface area contributed by atoms with E-state index in [9.17, 15) is 9.59 Å². The maximum absolute atomic E-state index is 12.8. The van der Waals surface area contributed by atoms with Crippen molar-refractivity contribution in [1.29, 1.82) is 0 Å². The van der Waals surface area contributed by atoms with Crippen molar-refractivity contribution in [3.63, 3.8) is 0 Å². The lowest BCUT2D eigenvalue weighted by Crippen LogP contribution is -2.23. The fourth-order valence-corrected chi connectivity index (χ4v) is 3.71. The molecule has 3 aromatic rings. The van der Waals surface area contributed by atoms with Crippen LogP contribution in [-0.2, 0) is 18.4 Å². The van der Waals surface area contributed by atoms with E-state index in [1.54, 1.807) is 25.2 Å². The zero-order chi connectivity index (χ0) is 27.4. The number of carbonyl (C=O) groups is 2. The largest absolute Gasteiger partial charge is 0.366 e. The molecule has 2 amide bonds. The van der Waals surface area contributed by atoms with Crippen molar-refractivity contribution >= 4 is 34.7 Å². The Labute approximate surface area is 193 Å². The van der Waals surface area contributed by atoms with Gasteiger partial charge in [0.05, 0.1) is 29.2 Å². The van der Waals surface area contributed by atoms with E-state index in [2.05, 4.69) is 25.8 Å². The Bertz CT molecular complexity index is 1430.